The standard InChI is InChI=1S/C30H36BrN3O5S/c1-2-39-21-13-11-20(12-14-21)33-27(36)23-24-29(38)34(15-7-4-8-16-35)26(30(24)17-22(31)25(23)40-30)28(37)32-18-19-9-5-3-6-10-19/h3,5-6,9-14,22-26,35H,2,4,7-8,15-18H2,1H3,(H,32,37)(H,33,36)/t22?,23-,24-,25-,26?,30?/m0/s1. The first-order chi connectivity index (χ1) is 19.4. The Kier molecular flexibility index (Phi) is 9.07. The van der Waals surface area contributed by atoms with Crippen LogP contribution in [0.25, 0.3) is 0 Å². The number of hydrogen-bond donors (Lipinski definition) is 3. The molecule has 1 spiro atoms. The Balaban J connectivity index is 1.39. The first-order valence-corrected chi connectivity index (χ1v) is 15.8. The number of anilines is 1. The Hall–Kier alpha value is -2.56. The van der Waals surface area contributed by atoms with Crippen LogP contribution in [0.2, 0.25) is 0 Å². The summed E-state index contributed by atoms with van der Waals surface area (Å²) < 4.78 is 4.82. The van der Waals surface area contributed by atoms with Gasteiger partial charge < -0.3 is 25.4 Å². The molecule has 8 nitrogen and oxygen atoms in total. The molecule has 10 heteroatoms. The van der Waals surface area contributed by atoms with Crippen molar-refractivity contribution < 1.29 is 24.2 Å². The van der Waals surface area contributed by atoms with Gasteiger partial charge in [-0.1, -0.05) is 46.3 Å². The van der Waals surface area contributed by atoms with E-state index in [-0.39, 0.29) is 34.4 Å². The Labute approximate surface area is 247 Å². The van der Waals surface area contributed by atoms with Crippen molar-refractivity contribution in [2.24, 2.45) is 11.8 Å². The third-order valence-corrected chi connectivity index (χ3v) is 11.4. The molecular formula is C30H36BrN3O5S. The van der Waals surface area contributed by atoms with Gasteiger partial charge in [-0.3, -0.25) is 14.4 Å². The zero-order valence-corrected chi connectivity index (χ0v) is 25.0. The molecule has 40 heavy (non-hydrogen) atoms. The number of aliphatic hydroxyl groups excluding tert-OH is 1. The van der Waals surface area contributed by atoms with Gasteiger partial charge in [0.25, 0.3) is 0 Å². The van der Waals surface area contributed by atoms with Crippen LogP contribution in [0, 0.1) is 11.8 Å². The van der Waals surface area contributed by atoms with Crippen LogP contribution < -0.4 is 15.4 Å². The maximum Gasteiger partial charge on any atom is 0.244 e. The van der Waals surface area contributed by atoms with Gasteiger partial charge >= 0.3 is 0 Å². The monoisotopic (exact) mass is 629 g/mol. The summed E-state index contributed by atoms with van der Waals surface area (Å²) in [5, 5.41) is 15.2. The topological polar surface area (TPSA) is 108 Å². The van der Waals surface area contributed by atoms with Crippen molar-refractivity contribution in [3.05, 3.63) is 60.2 Å². The fourth-order valence-electron chi connectivity index (χ4n) is 6.45. The van der Waals surface area contributed by atoms with Gasteiger partial charge in [-0.05, 0) is 62.4 Å². The van der Waals surface area contributed by atoms with Crippen molar-refractivity contribution in [2.75, 3.05) is 25.1 Å². The lowest BCUT2D eigenvalue weighted by Gasteiger charge is -2.35. The number of carbonyl (C=O) groups excluding carboxylic acids is 3. The Morgan fingerprint density at radius 2 is 1.85 bits per heavy atom. The summed E-state index contributed by atoms with van der Waals surface area (Å²) in [5.74, 6) is -0.912. The fourth-order valence-corrected chi connectivity index (χ4v) is 10.1. The van der Waals surface area contributed by atoms with Crippen molar-refractivity contribution >= 4 is 51.1 Å². The van der Waals surface area contributed by atoms with Crippen molar-refractivity contribution in [1.29, 1.82) is 0 Å². The molecule has 214 valence electrons. The van der Waals surface area contributed by atoms with Gasteiger partial charge in [-0.15, -0.1) is 11.8 Å². The number of likely N-dealkylation sites (tertiary alicyclic amines) is 1. The molecule has 6 atom stereocenters. The molecule has 2 aromatic carbocycles. The number of alkyl halides is 1. The van der Waals surface area contributed by atoms with E-state index in [9.17, 15) is 19.5 Å². The minimum atomic E-state index is -0.686. The molecule has 3 aliphatic rings. The van der Waals surface area contributed by atoms with Crippen LogP contribution in [0.1, 0.15) is 38.2 Å². The minimum absolute atomic E-state index is 0.0105. The van der Waals surface area contributed by atoms with Crippen molar-refractivity contribution in [2.45, 2.75) is 60.0 Å². The van der Waals surface area contributed by atoms with Gasteiger partial charge in [0, 0.05) is 35.5 Å². The number of rotatable bonds is 12. The van der Waals surface area contributed by atoms with Gasteiger partial charge in [0.2, 0.25) is 17.7 Å². The van der Waals surface area contributed by atoms with Crippen LogP contribution in [0.5, 0.6) is 5.75 Å². The van der Waals surface area contributed by atoms with Gasteiger partial charge in [0.15, 0.2) is 0 Å². The number of hydrogen-bond acceptors (Lipinski definition) is 6. The average Bonchev–Trinajstić information content (AvgIpc) is 3.55. The summed E-state index contributed by atoms with van der Waals surface area (Å²) in [4.78, 5) is 43.4. The summed E-state index contributed by atoms with van der Waals surface area (Å²) in [6.45, 7) is 3.36. The first kappa shape index (κ1) is 29.0. The quantitative estimate of drug-likeness (QED) is 0.242. The highest BCUT2D eigenvalue weighted by Crippen LogP contribution is 2.67. The molecule has 0 aliphatic carbocycles. The van der Waals surface area contributed by atoms with Crippen LogP contribution >= 0.6 is 27.7 Å². The second kappa shape index (κ2) is 12.5. The lowest BCUT2D eigenvalue weighted by molar-refractivity contribution is -0.139. The molecule has 0 saturated carbocycles. The fraction of sp³-hybridized carbons (Fsp3) is 0.500. The third-order valence-electron chi connectivity index (χ3n) is 8.14. The molecule has 2 aromatic rings. The number of nitrogens with one attached hydrogen (secondary N) is 2. The number of ether oxygens (including phenoxy) is 1. The molecule has 3 aliphatic heterocycles. The molecule has 3 heterocycles. The van der Waals surface area contributed by atoms with E-state index in [2.05, 4.69) is 26.6 Å². The number of halogens is 1. The molecule has 3 N–H and O–H groups in total. The number of benzene rings is 2. The maximum absolute atomic E-state index is 14.1. The molecular weight excluding hydrogens is 594 g/mol. The summed E-state index contributed by atoms with van der Waals surface area (Å²) >= 11 is 5.44. The normalized spacial score (nSPS) is 28.4. The molecule has 3 amide bonds. The van der Waals surface area contributed by atoms with Crippen molar-refractivity contribution in [1.82, 2.24) is 10.2 Å². The number of aliphatic hydroxyl groups is 1. The van der Waals surface area contributed by atoms with E-state index in [0.717, 1.165) is 17.7 Å². The molecule has 0 radical (unpaired) electrons. The van der Waals surface area contributed by atoms with E-state index in [1.54, 1.807) is 28.8 Å². The number of unbranched alkanes of at least 4 members (excludes halogenated alkanes) is 2. The lowest BCUT2D eigenvalue weighted by Crippen LogP contribution is -2.54. The molecule has 0 aromatic heterocycles. The highest BCUT2D eigenvalue weighted by atomic mass is 79.9. The van der Waals surface area contributed by atoms with Crippen molar-refractivity contribution in [3.63, 3.8) is 0 Å². The second-order valence-electron chi connectivity index (χ2n) is 10.6. The highest BCUT2D eigenvalue weighted by molar-refractivity contribution is 9.09. The SMILES string of the molecule is CCOc1ccc(NC(=O)[C@H]2[C@H]3C(=O)N(CCCCCO)C(C(=O)NCc4ccccc4)C34CC(Br)[C@@H]2S4)cc1. The molecule has 3 unspecified atom stereocenters. The number of nitrogens with zero attached hydrogens (tertiary/aromatic N) is 1. The Morgan fingerprint density at radius 1 is 1.10 bits per heavy atom. The molecule has 2 bridgehead atoms. The predicted octanol–water partition coefficient (Wildman–Crippen LogP) is 3.97. The zero-order valence-electron chi connectivity index (χ0n) is 22.6. The Bertz CT molecular complexity index is 1220. The van der Waals surface area contributed by atoms with E-state index in [4.69, 9.17) is 4.74 Å². The second-order valence-corrected chi connectivity index (χ2v) is 13.3. The van der Waals surface area contributed by atoms with Crippen LogP contribution in [-0.4, -0.2) is 68.4 Å². The van der Waals surface area contributed by atoms with Crippen LogP contribution in [0.15, 0.2) is 54.6 Å². The maximum atomic E-state index is 14.1. The minimum Gasteiger partial charge on any atom is -0.494 e. The van der Waals surface area contributed by atoms with Crippen LogP contribution in [-0.2, 0) is 20.9 Å². The number of amides is 3. The zero-order chi connectivity index (χ0) is 28.3. The highest BCUT2D eigenvalue weighted by Gasteiger charge is 2.75. The van der Waals surface area contributed by atoms with Gasteiger partial charge in [-0.25, -0.2) is 0 Å². The van der Waals surface area contributed by atoms with Gasteiger partial charge in [0.1, 0.15) is 11.8 Å². The number of carbonyl (C=O) groups is 3. The Morgan fingerprint density at radius 3 is 2.55 bits per heavy atom. The number of fused-ring (bicyclic) bond motifs is 1. The first-order valence-electron chi connectivity index (χ1n) is 14.0. The molecule has 5 rings (SSSR count). The van der Waals surface area contributed by atoms with Gasteiger partial charge in [0.05, 0.1) is 23.2 Å². The molecule has 3 fully saturated rings. The van der Waals surface area contributed by atoms with E-state index in [0.29, 0.717) is 44.6 Å². The number of thioether (sulfide) groups is 1. The predicted molar refractivity (Wildman–Crippen MR) is 159 cm³/mol. The van der Waals surface area contributed by atoms with Crippen LogP contribution in [0.4, 0.5) is 5.69 Å². The summed E-state index contributed by atoms with van der Waals surface area (Å²) in [7, 11) is 0. The van der Waals surface area contributed by atoms with E-state index in [1.807, 2.05) is 49.4 Å². The van der Waals surface area contributed by atoms with E-state index in [1.165, 1.54) is 0 Å². The largest absolute Gasteiger partial charge is 0.494 e. The average molecular weight is 631 g/mol. The lowest BCUT2D eigenvalue weighted by atomic mass is 9.70. The van der Waals surface area contributed by atoms with E-state index < -0.39 is 22.6 Å². The summed E-state index contributed by atoms with van der Waals surface area (Å²) in [6.07, 6.45) is 2.73. The van der Waals surface area contributed by atoms with Gasteiger partial charge in [-0.2, -0.15) is 0 Å². The molecule has 3 saturated heterocycles. The van der Waals surface area contributed by atoms with Crippen LogP contribution in [0.3, 0.4) is 0 Å². The smallest absolute Gasteiger partial charge is 0.244 e. The van der Waals surface area contributed by atoms with Crippen molar-refractivity contribution in [3.8, 4) is 5.75 Å². The van der Waals surface area contributed by atoms with E-state index >= 15 is 0 Å². The summed E-state index contributed by atoms with van der Waals surface area (Å²) in [6, 6.07) is 16.3. The third kappa shape index (κ3) is 5.50. The summed E-state index contributed by atoms with van der Waals surface area (Å²) in [5.41, 5.74) is 1.63.